The lowest BCUT2D eigenvalue weighted by atomic mass is 10.0. The van der Waals surface area contributed by atoms with Crippen molar-refractivity contribution in [3.63, 3.8) is 0 Å². The Kier molecular flexibility index (Phi) is 4.20. The Balaban J connectivity index is 2.31. The van der Waals surface area contributed by atoms with Crippen molar-refractivity contribution in [1.82, 2.24) is 4.98 Å². The zero-order chi connectivity index (χ0) is 16.6. The van der Waals surface area contributed by atoms with Crippen molar-refractivity contribution in [3.05, 3.63) is 52.0 Å². The Morgan fingerprint density at radius 3 is 2.74 bits per heavy atom. The van der Waals surface area contributed by atoms with Gasteiger partial charge in [0, 0.05) is 16.5 Å². The lowest BCUT2D eigenvalue weighted by molar-refractivity contribution is -0.136. The van der Waals surface area contributed by atoms with Gasteiger partial charge in [-0.15, -0.1) is 0 Å². The topological polar surface area (TPSA) is 62.3 Å². The maximum atomic E-state index is 11.3. The predicted octanol–water partition coefficient (Wildman–Crippen LogP) is 4.78. The Hall–Kier alpha value is -2.17. The minimum Gasteiger partial charge on any atom is -0.497 e. The quantitative estimate of drug-likeness (QED) is 0.712. The molecule has 0 spiro atoms. The molecule has 0 bridgehead atoms. The number of rotatable bonds is 4. The molecular weight excluding hydrogens is 337 g/mol. The summed E-state index contributed by atoms with van der Waals surface area (Å²) in [5, 5.41) is 10.9. The number of nitrogens with one attached hydrogen (secondary N) is 1. The molecular formula is C17H13Cl2NO3. The normalized spacial score (nSPS) is 10.9. The third-order valence-electron chi connectivity index (χ3n) is 3.66. The fraction of sp³-hybridized carbons (Fsp3) is 0.118. The lowest BCUT2D eigenvalue weighted by Crippen LogP contribution is -2.01. The van der Waals surface area contributed by atoms with Crippen LogP contribution in [0.2, 0.25) is 10.0 Å². The zero-order valence-corrected chi connectivity index (χ0v) is 13.7. The first kappa shape index (κ1) is 15.7. The van der Waals surface area contributed by atoms with Gasteiger partial charge in [-0.3, -0.25) is 4.79 Å². The number of H-pyrrole nitrogens is 1. The summed E-state index contributed by atoms with van der Waals surface area (Å²) in [4.78, 5) is 14.5. The zero-order valence-electron chi connectivity index (χ0n) is 12.2. The number of carbonyl (C=O) groups is 1. The molecule has 1 heterocycles. The van der Waals surface area contributed by atoms with Crippen molar-refractivity contribution in [2.45, 2.75) is 6.42 Å². The van der Waals surface area contributed by atoms with Gasteiger partial charge in [-0.05, 0) is 29.8 Å². The summed E-state index contributed by atoms with van der Waals surface area (Å²) in [7, 11) is 1.57. The van der Waals surface area contributed by atoms with Crippen molar-refractivity contribution in [1.29, 1.82) is 0 Å². The minimum atomic E-state index is -0.923. The summed E-state index contributed by atoms with van der Waals surface area (Å²) in [5.74, 6) is -0.264. The van der Waals surface area contributed by atoms with E-state index >= 15 is 0 Å². The van der Waals surface area contributed by atoms with E-state index in [1.54, 1.807) is 19.2 Å². The van der Waals surface area contributed by atoms with Crippen molar-refractivity contribution < 1.29 is 14.6 Å². The standard InChI is InChI=1S/C17H13Cl2NO3/c1-23-9-5-6-14-11(7-9)12(8-15(21)22)17(20-14)10-3-2-4-13(18)16(10)19/h2-7,20H,8H2,1H3,(H,21,22). The van der Waals surface area contributed by atoms with Gasteiger partial charge in [0.1, 0.15) is 5.75 Å². The number of aromatic amines is 1. The van der Waals surface area contributed by atoms with Crippen LogP contribution < -0.4 is 4.74 Å². The highest BCUT2D eigenvalue weighted by molar-refractivity contribution is 6.43. The average Bonchev–Trinajstić information content (AvgIpc) is 2.87. The largest absolute Gasteiger partial charge is 0.497 e. The molecule has 0 amide bonds. The van der Waals surface area contributed by atoms with E-state index in [9.17, 15) is 9.90 Å². The minimum absolute atomic E-state index is 0.134. The highest BCUT2D eigenvalue weighted by Crippen LogP contribution is 2.38. The summed E-state index contributed by atoms with van der Waals surface area (Å²) in [6.07, 6.45) is -0.134. The Morgan fingerprint density at radius 1 is 1.26 bits per heavy atom. The molecule has 3 aromatic rings. The monoisotopic (exact) mass is 349 g/mol. The van der Waals surface area contributed by atoms with Crippen LogP contribution in [0.1, 0.15) is 5.56 Å². The van der Waals surface area contributed by atoms with Crippen molar-refractivity contribution in [2.24, 2.45) is 0 Å². The SMILES string of the molecule is COc1ccc2[nH]c(-c3cccc(Cl)c3Cl)c(CC(=O)O)c2c1. The van der Waals surface area contributed by atoms with Gasteiger partial charge in [0.2, 0.25) is 0 Å². The molecule has 2 N–H and O–H groups in total. The third-order valence-corrected chi connectivity index (χ3v) is 4.48. The van der Waals surface area contributed by atoms with E-state index in [0.29, 0.717) is 32.6 Å². The van der Waals surface area contributed by atoms with E-state index in [0.717, 1.165) is 10.9 Å². The van der Waals surface area contributed by atoms with Crippen LogP contribution in [0.25, 0.3) is 22.2 Å². The van der Waals surface area contributed by atoms with Gasteiger partial charge in [0.05, 0.1) is 29.3 Å². The number of aliphatic carboxylic acids is 1. The van der Waals surface area contributed by atoms with Crippen LogP contribution >= 0.6 is 23.2 Å². The maximum Gasteiger partial charge on any atom is 0.307 e. The molecule has 0 aliphatic rings. The first-order chi connectivity index (χ1) is 11.0. The van der Waals surface area contributed by atoms with Crippen LogP contribution in [0.5, 0.6) is 5.75 Å². The second-order valence-corrected chi connectivity index (χ2v) is 5.85. The number of carboxylic acids is 1. The predicted molar refractivity (Wildman–Crippen MR) is 91.6 cm³/mol. The number of aromatic nitrogens is 1. The van der Waals surface area contributed by atoms with Crippen LogP contribution in [0.3, 0.4) is 0 Å². The van der Waals surface area contributed by atoms with Gasteiger partial charge in [-0.25, -0.2) is 0 Å². The average molecular weight is 350 g/mol. The summed E-state index contributed by atoms with van der Waals surface area (Å²) in [6.45, 7) is 0. The molecule has 23 heavy (non-hydrogen) atoms. The first-order valence-electron chi connectivity index (χ1n) is 6.86. The maximum absolute atomic E-state index is 11.3. The molecule has 0 fully saturated rings. The smallest absolute Gasteiger partial charge is 0.307 e. The molecule has 1 aromatic heterocycles. The number of hydrogen-bond donors (Lipinski definition) is 2. The first-order valence-corrected chi connectivity index (χ1v) is 7.61. The lowest BCUT2D eigenvalue weighted by Gasteiger charge is -2.07. The Morgan fingerprint density at radius 2 is 2.04 bits per heavy atom. The fourth-order valence-electron chi connectivity index (χ4n) is 2.62. The molecule has 0 radical (unpaired) electrons. The second-order valence-electron chi connectivity index (χ2n) is 5.06. The van der Waals surface area contributed by atoms with Crippen LogP contribution in [0.15, 0.2) is 36.4 Å². The van der Waals surface area contributed by atoms with E-state index in [1.165, 1.54) is 0 Å². The molecule has 118 valence electrons. The van der Waals surface area contributed by atoms with E-state index < -0.39 is 5.97 Å². The number of benzene rings is 2. The van der Waals surface area contributed by atoms with Gasteiger partial charge in [0.25, 0.3) is 0 Å². The van der Waals surface area contributed by atoms with Gasteiger partial charge in [-0.1, -0.05) is 35.3 Å². The molecule has 0 unspecified atom stereocenters. The number of ether oxygens (including phenoxy) is 1. The van der Waals surface area contributed by atoms with Crippen molar-refractivity contribution >= 4 is 40.1 Å². The highest BCUT2D eigenvalue weighted by atomic mass is 35.5. The fourth-order valence-corrected chi connectivity index (χ4v) is 3.01. The molecule has 6 heteroatoms. The molecule has 4 nitrogen and oxygen atoms in total. The number of hydrogen-bond acceptors (Lipinski definition) is 2. The Bertz CT molecular complexity index is 902. The van der Waals surface area contributed by atoms with Crippen LogP contribution in [0, 0.1) is 0 Å². The Labute approximate surface area is 142 Å². The van der Waals surface area contributed by atoms with E-state index in [1.807, 2.05) is 24.3 Å². The summed E-state index contributed by atoms with van der Waals surface area (Å²) in [6, 6.07) is 10.7. The van der Waals surface area contributed by atoms with Gasteiger partial charge in [0.15, 0.2) is 0 Å². The summed E-state index contributed by atoms with van der Waals surface area (Å²) in [5.41, 5.74) is 2.79. The molecule has 2 aromatic carbocycles. The molecule has 3 rings (SSSR count). The van der Waals surface area contributed by atoms with E-state index in [4.69, 9.17) is 27.9 Å². The molecule has 0 aliphatic heterocycles. The van der Waals surface area contributed by atoms with Crippen molar-refractivity contribution in [3.8, 4) is 17.0 Å². The molecule has 0 atom stereocenters. The van der Waals surface area contributed by atoms with Crippen LogP contribution in [-0.4, -0.2) is 23.2 Å². The number of carboxylic acid groups (broad SMARTS) is 1. The van der Waals surface area contributed by atoms with Crippen molar-refractivity contribution in [2.75, 3.05) is 7.11 Å². The van der Waals surface area contributed by atoms with E-state index in [2.05, 4.69) is 4.98 Å². The van der Waals surface area contributed by atoms with Gasteiger partial charge < -0.3 is 14.8 Å². The highest BCUT2D eigenvalue weighted by Gasteiger charge is 2.19. The van der Waals surface area contributed by atoms with E-state index in [-0.39, 0.29) is 6.42 Å². The second kappa shape index (κ2) is 6.14. The molecule has 0 saturated carbocycles. The van der Waals surface area contributed by atoms with Gasteiger partial charge >= 0.3 is 5.97 Å². The number of fused-ring (bicyclic) bond motifs is 1. The number of halogens is 2. The summed E-state index contributed by atoms with van der Waals surface area (Å²) >= 11 is 12.4. The van der Waals surface area contributed by atoms with Crippen LogP contribution in [-0.2, 0) is 11.2 Å². The third kappa shape index (κ3) is 2.87. The van der Waals surface area contributed by atoms with Gasteiger partial charge in [-0.2, -0.15) is 0 Å². The molecule has 0 saturated heterocycles. The summed E-state index contributed by atoms with van der Waals surface area (Å²) < 4.78 is 5.23. The molecule has 0 aliphatic carbocycles. The van der Waals surface area contributed by atoms with Crippen LogP contribution in [0.4, 0.5) is 0 Å². The number of methoxy groups -OCH3 is 1.